The van der Waals surface area contributed by atoms with Gasteiger partial charge in [-0.2, -0.15) is 13.6 Å². The molecule has 0 radical (unpaired) electrons. The third-order valence-electron chi connectivity index (χ3n) is 3.04. The average Bonchev–Trinajstić information content (AvgIpc) is 2.90. The SMILES string of the molecule is Nc1nc2c(ncn2CC[C@@H](O)COP(=O)(O)OP(=O)(O)OP(=O)(O)O)c(=O)[nH]1. The number of aromatic nitrogens is 4. The van der Waals surface area contributed by atoms with E-state index in [1.807, 2.05) is 0 Å². The molecule has 17 nitrogen and oxygen atoms in total. The fourth-order valence-corrected chi connectivity index (χ4v) is 5.04. The van der Waals surface area contributed by atoms with Crippen molar-refractivity contribution in [2.24, 2.45) is 0 Å². The Morgan fingerprint density at radius 2 is 1.83 bits per heavy atom. The van der Waals surface area contributed by atoms with Gasteiger partial charge in [0.2, 0.25) is 5.95 Å². The maximum atomic E-state index is 11.7. The Bertz CT molecular complexity index is 1080. The topological polar surface area (TPSA) is 270 Å². The molecule has 2 aromatic rings. The first-order valence-corrected chi connectivity index (χ1v) is 11.9. The average molecular weight is 479 g/mol. The van der Waals surface area contributed by atoms with Crippen LogP contribution >= 0.6 is 23.5 Å². The lowest BCUT2D eigenvalue weighted by Gasteiger charge is -2.17. The smallest absolute Gasteiger partial charge is 0.391 e. The van der Waals surface area contributed by atoms with Crippen LogP contribution in [0.3, 0.4) is 0 Å². The Labute approximate surface area is 160 Å². The number of nitrogens with one attached hydrogen (secondary N) is 1. The number of fused-ring (bicyclic) bond motifs is 1. The highest BCUT2D eigenvalue weighted by atomic mass is 31.3. The summed E-state index contributed by atoms with van der Waals surface area (Å²) in [5.74, 6) is -0.155. The summed E-state index contributed by atoms with van der Waals surface area (Å²) >= 11 is 0. The van der Waals surface area contributed by atoms with E-state index in [-0.39, 0.29) is 30.1 Å². The van der Waals surface area contributed by atoms with Gasteiger partial charge in [0.25, 0.3) is 5.56 Å². The number of aryl methyl sites for hydroxylation is 1. The molecule has 2 aromatic heterocycles. The second-order valence-corrected chi connectivity index (χ2v) is 9.81. The van der Waals surface area contributed by atoms with Gasteiger partial charge in [-0.15, -0.1) is 0 Å². The van der Waals surface area contributed by atoms with Crippen molar-refractivity contribution in [1.29, 1.82) is 0 Å². The van der Waals surface area contributed by atoms with Crippen LogP contribution in [-0.2, 0) is 33.4 Å². The number of aliphatic hydroxyl groups is 1. The van der Waals surface area contributed by atoms with Gasteiger partial charge in [-0.1, -0.05) is 0 Å². The number of hydrogen-bond donors (Lipinski definition) is 7. The molecule has 0 aliphatic carbocycles. The minimum absolute atomic E-state index is 0.00181. The number of nitrogens with zero attached hydrogens (tertiary/aromatic N) is 3. The predicted molar refractivity (Wildman–Crippen MR) is 93.0 cm³/mol. The molecule has 0 saturated carbocycles. The van der Waals surface area contributed by atoms with E-state index in [1.165, 1.54) is 10.9 Å². The number of aromatic amines is 1. The number of nitrogen functional groups attached to an aromatic ring is 1. The third kappa shape index (κ3) is 7.37. The molecule has 20 heteroatoms. The van der Waals surface area contributed by atoms with Crippen LogP contribution in [0.5, 0.6) is 0 Å². The van der Waals surface area contributed by atoms with Crippen molar-refractivity contribution in [3.63, 3.8) is 0 Å². The molecule has 164 valence electrons. The predicted octanol–water partition coefficient (Wildman–Crippen LogP) is -1.20. The van der Waals surface area contributed by atoms with Crippen LogP contribution in [0, 0.1) is 0 Å². The number of phosphoric acid groups is 3. The highest BCUT2D eigenvalue weighted by Crippen LogP contribution is 2.66. The molecule has 0 saturated heterocycles. The Balaban J connectivity index is 1.92. The van der Waals surface area contributed by atoms with Gasteiger partial charge in [0, 0.05) is 6.54 Å². The zero-order chi connectivity index (χ0) is 22.0. The van der Waals surface area contributed by atoms with E-state index in [1.54, 1.807) is 0 Å². The number of phosphoric ester groups is 1. The Kier molecular flexibility index (Phi) is 7.15. The van der Waals surface area contributed by atoms with Gasteiger partial charge in [0.1, 0.15) is 0 Å². The number of hydrogen-bond acceptors (Lipinski definition) is 11. The van der Waals surface area contributed by atoms with E-state index in [9.17, 15) is 28.5 Å². The molecule has 0 amide bonds. The van der Waals surface area contributed by atoms with E-state index >= 15 is 0 Å². The highest BCUT2D eigenvalue weighted by molar-refractivity contribution is 7.66. The van der Waals surface area contributed by atoms with Crippen LogP contribution in [0.25, 0.3) is 11.2 Å². The van der Waals surface area contributed by atoms with Crippen LogP contribution in [0.1, 0.15) is 6.42 Å². The molecular weight excluding hydrogens is 463 g/mol. The zero-order valence-electron chi connectivity index (χ0n) is 14.1. The second kappa shape index (κ2) is 8.71. The van der Waals surface area contributed by atoms with Crippen molar-refractivity contribution < 1.29 is 51.5 Å². The zero-order valence-corrected chi connectivity index (χ0v) is 16.8. The minimum atomic E-state index is -5.64. The van der Waals surface area contributed by atoms with Crippen molar-refractivity contribution in [3.8, 4) is 0 Å². The summed E-state index contributed by atoms with van der Waals surface area (Å²) in [6.07, 6.45) is -0.270. The largest absolute Gasteiger partial charge is 0.490 e. The van der Waals surface area contributed by atoms with Crippen molar-refractivity contribution >= 4 is 40.6 Å². The molecule has 8 N–H and O–H groups in total. The first-order chi connectivity index (χ1) is 13.2. The summed E-state index contributed by atoms with van der Waals surface area (Å²) in [6, 6.07) is 0. The maximum absolute atomic E-state index is 11.7. The molecule has 0 spiro atoms. The quantitative estimate of drug-likeness (QED) is 0.197. The number of anilines is 1. The molecule has 29 heavy (non-hydrogen) atoms. The van der Waals surface area contributed by atoms with Crippen LogP contribution in [0.4, 0.5) is 5.95 Å². The lowest BCUT2D eigenvalue weighted by atomic mass is 10.3. The standard InChI is InChI=1S/C9H16N5O12P3/c10-9-12-7-6(8(16)13-9)11-4-14(7)2-1-5(15)3-24-28(20,21)26-29(22,23)25-27(17,18)19/h4-5,15H,1-3H2,(H,20,21)(H,22,23)(H2,17,18,19)(H3,10,12,13,16)/t5-/m1/s1. The normalized spacial score (nSPS) is 17.7. The lowest BCUT2D eigenvalue weighted by molar-refractivity contribution is 0.0750. The molecule has 0 aliphatic heterocycles. The van der Waals surface area contributed by atoms with Crippen molar-refractivity contribution in [2.45, 2.75) is 19.1 Å². The summed E-state index contributed by atoms with van der Waals surface area (Å²) in [5.41, 5.74) is 5.00. The van der Waals surface area contributed by atoms with Crippen molar-refractivity contribution in [3.05, 3.63) is 16.7 Å². The summed E-state index contributed by atoms with van der Waals surface area (Å²) in [5, 5.41) is 9.83. The first-order valence-electron chi connectivity index (χ1n) is 7.34. The number of imidazole rings is 1. The summed E-state index contributed by atoms with van der Waals surface area (Å²) in [6.45, 7) is -0.847. The number of H-pyrrole nitrogens is 1. The van der Waals surface area contributed by atoms with Gasteiger partial charge < -0.3 is 35.0 Å². The molecule has 0 fully saturated rings. The fraction of sp³-hybridized carbons (Fsp3) is 0.444. The number of rotatable bonds is 10. The number of aliphatic hydroxyl groups excluding tert-OH is 1. The molecule has 0 aromatic carbocycles. The number of nitrogens with two attached hydrogens (primary N) is 1. The van der Waals surface area contributed by atoms with Gasteiger partial charge in [0.15, 0.2) is 11.2 Å². The highest BCUT2D eigenvalue weighted by Gasteiger charge is 2.40. The summed E-state index contributed by atoms with van der Waals surface area (Å²) < 4.78 is 46.0. The second-order valence-electron chi connectivity index (χ2n) is 5.39. The Hall–Kier alpha value is -1.48. The molecule has 0 aliphatic rings. The van der Waals surface area contributed by atoms with E-state index in [4.69, 9.17) is 20.4 Å². The van der Waals surface area contributed by atoms with E-state index in [0.717, 1.165) is 0 Å². The Morgan fingerprint density at radius 3 is 2.45 bits per heavy atom. The monoisotopic (exact) mass is 479 g/mol. The fourth-order valence-electron chi connectivity index (χ4n) is 1.99. The lowest BCUT2D eigenvalue weighted by Crippen LogP contribution is -2.18. The molecule has 2 unspecified atom stereocenters. The van der Waals surface area contributed by atoms with Gasteiger partial charge in [-0.05, 0) is 6.42 Å². The van der Waals surface area contributed by atoms with Crippen LogP contribution in [0.15, 0.2) is 11.1 Å². The molecule has 0 bridgehead atoms. The third-order valence-corrected chi connectivity index (χ3v) is 6.84. The van der Waals surface area contributed by atoms with Crippen molar-refractivity contribution in [1.82, 2.24) is 19.5 Å². The van der Waals surface area contributed by atoms with E-state index < -0.39 is 41.7 Å². The Morgan fingerprint density at radius 1 is 1.17 bits per heavy atom. The molecule has 2 heterocycles. The summed E-state index contributed by atoms with van der Waals surface area (Å²) in [7, 11) is -16.5. The van der Waals surface area contributed by atoms with Gasteiger partial charge >= 0.3 is 23.5 Å². The van der Waals surface area contributed by atoms with E-state index in [2.05, 4.69) is 28.1 Å². The van der Waals surface area contributed by atoms with Gasteiger partial charge in [-0.3, -0.25) is 14.3 Å². The molecular formula is C9H16N5O12P3. The first kappa shape index (κ1) is 23.8. The summed E-state index contributed by atoms with van der Waals surface area (Å²) in [4.78, 5) is 56.8. The van der Waals surface area contributed by atoms with Crippen LogP contribution in [-0.4, -0.2) is 56.9 Å². The van der Waals surface area contributed by atoms with Gasteiger partial charge in [-0.25, -0.2) is 18.7 Å². The molecule has 2 rings (SSSR count). The van der Waals surface area contributed by atoms with Crippen LogP contribution < -0.4 is 11.3 Å². The minimum Gasteiger partial charge on any atom is -0.391 e. The van der Waals surface area contributed by atoms with Gasteiger partial charge in [0.05, 0.1) is 19.0 Å². The molecule has 3 atom stereocenters. The van der Waals surface area contributed by atoms with Crippen molar-refractivity contribution in [2.75, 3.05) is 12.3 Å². The maximum Gasteiger partial charge on any atom is 0.490 e. The van der Waals surface area contributed by atoms with E-state index in [0.29, 0.717) is 0 Å². The van der Waals surface area contributed by atoms with Crippen LogP contribution in [0.2, 0.25) is 0 Å².